The van der Waals surface area contributed by atoms with Gasteiger partial charge >= 0.3 is 12.4 Å². The Kier molecular flexibility index (Phi) is 5.21. The Labute approximate surface area is 159 Å². The summed E-state index contributed by atoms with van der Waals surface area (Å²) in [7, 11) is 0. The molecule has 0 unspecified atom stereocenters. The first-order valence-electron chi connectivity index (χ1n) is 7.84. The van der Waals surface area contributed by atoms with Crippen molar-refractivity contribution in [2.45, 2.75) is 18.9 Å². The van der Waals surface area contributed by atoms with Gasteiger partial charge in [-0.25, -0.2) is 4.98 Å². The number of rotatable bonds is 4. The lowest BCUT2D eigenvalue weighted by molar-refractivity contribution is -0.137. The lowest BCUT2D eigenvalue weighted by Gasteiger charge is -2.26. The summed E-state index contributed by atoms with van der Waals surface area (Å²) in [5, 5.41) is 9.20. The van der Waals surface area contributed by atoms with Gasteiger partial charge in [0.05, 0.1) is 34.0 Å². The van der Waals surface area contributed by atoms with Crippen molar-refractivity contribution in [3.63, 3.8) is 0 Å². The third-order valence-electron chi connectivity index (χ3n) is 3.83. The fourth-order valence-electron chi connectivity index (χ4n) is 2.67. The number of hydrogen-bond acceptors (Lipinski definition) is 4. The predicted molar refractivity (Wildman–Crippen MR) is 92.9 cm³/mol. The Morgan fingerprint density at radius 3 is 2.36 bits per heavy atom. The highest BCUT2D eigenvalue weighted by Crippen LogP contribution is 2.36. The zero-order valence-corrected chi connectivity index (χ0v) is 14.8. The molecule has 1 aromatic heterocycles. The number of nitriles is 1. The van der Waals surface area contributed by atoms with Crippen LogP contribution in [0.15, 0.2) is 42.5 Å². The van der Waals surface area contributed by atoms with Crippen LogP contribution in [0.2, 0.25) is 0 Å². The van der Waals surface area contributed by atoms with E-state index in [9.17, 15) is 26.3 Å². The van der Waals surface area contributed by atoms with Crippen molar-refractivity contribution >= 4 is 27.2 Å². The van der Waals surface area contributed by atoms with Gasteiger partial charge in [-0.2, -0.15) is 31.6 Å². The highest BCUT2D eigenvalue weighted by Gasteiger charge is 2.36. The van der Waals surface area contributed by atoms with E-state index in [4.69, 9.17) is 5.26 Å². The predicted octanol–water partition coefficient (Wildman–Crippen LogP) is 5.76. The number of aromatic nitrogens is 1. The standard InChI is InChI=1S/C18H11F6N3S/c19-17(20,21)10-27(9-16-26-14-3-1-2-4-15(14)28-16)12-6-5-11(8-25)13(7-12)18(22,23)24/h1-7H,9-10H2. The number of para-hydroxylation sites is 1. The quantitative estimate of drug-likeness (QED) is 0.509. The van der Waals surface area contributed by atoms with Crippen LogP contribution >= 0.6 is 11.3 Å². The molecule has 0 aliphatic rings. The second-order valence-corrected chi connectivity index (χ2v) is 7.00. The average Bonchev–Trinajstić information content (AvgIpc) is 3.01. The first-order valence-corrected chi connectivity index (χ1v) is 8.66. The molecule has 0 fully saturated rings. The lowest BCUT2D eigenvalue weighted by Crippen LogP contribution is -2.34. The molecule has 10 heteroatoms. The molecule has 3 nitrogen and oxygen atoms in total. The third-order valence-corrected chi connectivity index (χ3v) is 4.85. The lowest BCUT2D eigenvalue weighted by atomic mass is 10.1. The van der Waals surface area contributed by atoms with E-state index in [0.717, 1.165) is 21.7 Å². The van der Waals surface area contributed by atoms with Gasteiger partial charge < -0.3 is 4.90 Å². The first-order chi connectivity index (χ1) is 13.1. The molecule has 3 aromatic rings. The molecular weight excluding hydrogens is 404 g/mol. The minimum Gasteiger partial charge on any atom is -0.356 e. The summed E-state index contributed by atoms with van der Waals surface area (Å²) in [6, 6.07) is 10.9. The van der Waals surface area contributed by atoms with Gasteiger partial charge in [-0.3, -0.25) is 0 Å². The molecular formula is C18H11F6N3S. The van der Waals surface area contributed by atoms with E-state index in [1.807, 2.05) is 0 Å². The fourth-order valence-corrected chi connectivity index (χ4v) is 3.65. The van der Waals surface area contributed by atoms with Gasteiger partial charge in [-0.15, -0.1) is 11.3 Å². The Morgan fingerprint density at radius 2 is 1.75 bits per heavy atom. The molecule has 0 atom stereocenters. The van der Waals surface area contributed by atoms with Crippen LogP contribution in [0.5, 0.6) is 0 Å². The van der Waals surface area contributed by atoms with Crippen LogP contribution in [0, 0.1) is 11.3 Å². The summed E-state index contributed by atoms with van der Waals surface area (Å²) in [4.78, 5) is 5.02. The van der Waals surface area contributed by atoms with Crippen molar-refractivity contribution in [3.8, 4) is 6.07 Å². The summed E-state index contributed by atoms with van der Waals surface area (Å²) < 4.78 is 79.4. The Bertz CT molecular complexity index is 999. The number of fused-ring (bicyclic) bond motifs is 1. The van der Waals surface area contributed by atoms with E-state index in [2.05, 4.69) is 4.98 Å². The van der Waals surface area contributed by atoms with Crippen molar-refractivity contribution in [2.75, 3.05) is 11.4 Å². The highest BCUT2D eigenvalue weighted by molar-refractivity contribution is 7.18. The van der Waals surface area contributed by atoms with Crippen molar-refractivity contribution in [2.24, 2.45) is 0 Å². The number of nitrogens with zero attached hydrogens (tertiary/aromatic N) is 3. The molecule has 2 aromatic carbocycles. The summed E-state index contributed by atoms with van der Waals surface area (Å²) in [6.07, 6.45) is -9.50. The molecule has 0 bridgehead atoms. The molecule has 28 heavy (non-hydrogen) atoms. The number of halogens is 6. The van der Waals surface area contributed by atoms with Crippen molar-refractivity contribution in [1.82, 2.24) is 4.98 Å². The molecule has 0 spiro atoms. The Morgan fingerprint density at radius 1 is 1.04 bits per heavy atom. The number of hydrogen-bond donors (Lipinski definition) is 0. The van der Waals surface area contributed by atoms with Crippen LogP contribution < -0.4 is 4.90 Å². The largest absolute Gasteiger partial charge is 0.417 e. The molecule has 0 aliphatic heterocycles. The minimum atomic E-state index is -4.86. The second-order valence-electron chi connectivity index (χ2n) is 5.89. The van der Waals surface area contributed by atoms with E-state index in [1.54, 1.807) is 24.3 Å². The fraction of sp³-hybridized carbons (Fsp3) is 0.222. The van der Waals surface area contributed by atoms with Gasteiger partial charge in [0.25, 0.3) is 0 Å². The molecule has 0 radical (unpaired) electrons. The summed E-state index contributed by atoms with van der Waals surface area (Å²) in [6.45, 7) is -1.77. The average molecular weight is 415 g/mol. The molecule has 3 rings (SSSR count). The first kappa shape index (κ1) is 19.9. The van der Waals surface area contributed by atoms with Gasteiger partial charge in [-0.1, -0.05) is 12.1 Å². The zero-order valence-electron chi connectivity index (χ0n) is 14.0. The van der Waals surface area contributed by atoms with Gasteiger partial charge in [0.15, 0.2) is 0 Å². The summed E-state index contributed by atoms with van der Waals surface area (Å²) in [5.74, 6) is 0. The van der Waals surface area contributed by atoms with E-state index in [-0.39, 0.29) is 12.2 Å². The van der Waals surface area contributed by atoms with Gasteiger partial charge in [0.1, 0.15) is 11.6 Å². The number of benzene rings is 2. The molecule has 146 valence electrons. The minimum absolute atomic E-state index is 0.289. The maximum atomic E-state index is 13.2. The van der Waals surface area contributed by atoms with E-state index < -0.39 is 30.0 Å². The van der Waals surface area contributed by atoms with Gasteiger partial charge in [-0.05, 0) is 30.3 Å². The maximum absolute atomic E-state index is 13.2. The normalized spacial score (nSPS) is 12.2. The number of anilines is 1. The maximum Gasteiger partial charge on any atom is 0.417 e. The second kappa shape index (κ2) is 7.31. The van der Waals surface area contributed by atoms with Crippen LogP contribution in [0.25, 0.3) is 10.2 Å². The molecule has 0 saturated carbocycles. The monoisotopic (exact) mass is 415 g/mol. The molecule has 0 amide bonds. The molecule has 0 aliphatic carbocycles. The topological polar surface area (TPSA) is 39.9 Å². The van der Waals surface area contributed by atoms with Crippen LogP contribution in [-0.2, 0) is 12.7 Å². The van der Waals surface area contributed by atoms with Crippen molar-refractivity contribution in [1.29, 1.82) is 5.26 Å². The SMILES string of the molecule is N#Cc1ccc(N(Cc2nc3ccccc3s2)CC(F)(F)F)cc1C(F)(F)F. The third kappa shape index (κ3) is 4.54. The van der Waals surface area contributed by atoms with E-state index in [1.165, 1.54) is 17.4 Å². The molecule has 0 N–H and O–H groups in total. The van der Waals surface area contributed by atoms with E-state index >= 15 is 0 Å². The van der Waals surface area contributed by atoms with Crippen LogP contribution in [0.4, 0.5) is 32.0 Å². The Balaban J connectivity index is 2.01. The number of alkyl halides is 6. The highest BCUT2D eigenvalue weighted by atomic mass is 32.1. The summed E-state index contributed by atoms with van der Waals surface area (Å²) in [5.41, 5.74) is -1.61. The van der Waals surface area contributed by atoms with Gasteiger partial charge in [0.2, 0.25) is 0 Å². The van der Waals surface area contributed by atoms with Gasteiger partial charge in [0, 0.05) is 5.69 Å². The van der Waals surface area contributed by atoms with Crippen LogP contribution in [-0.4, -0.2) is 17.7 Å². The Hall–Kier alpha value is -2.80. The molecule has 1 heterocycles. The van der Waals surface area contributed by atoms with Crippen LogP contribution in [0.1, 0.15) is 16.1 Å². The molecule has 0 saturated heterocycles. The van der Waals surface area contributed by atoms with Crippen molar-refractivity contribution < 1.29 is 26.3 Å². The number of thiazole rings is 1. The van der Waals surface area contributed by atoms with Crippen molar-refractivity contribution in [3.05, 3.63) is 58.6 Å². The smallest absolute Gasteiger partial charge is 0.356 e. The summed E-state index contributed by atoms with van der Waals surface area (Å²) >= 11 is 1.17. The van der Waals surface area contributed by atoms with E-state index in [0.29, 0.717) is 16.6 Å². The zero-order chi connectivity index (χ0) is 20.5. The van der Waals surface area contributed by atoms with Crippen LogP contribution in [0.3, 0.4) is 0 Å².